The summed E-state index contributed by atoms with van der Waals surface area (Å²) < 4.78 is 0. The van der Waals surface area contributed by atoms with Gasteiger partial charge in [0, 0.05) is 76.1 Å². The van der Waals surface area contributed by atoms with Crippen LogP contribution in [0, 0.1) is 0 Å². The molecule has 0 rings (SSSR count). The Kier molecular flexibility index (Phi) is 150. The van der Waals surface area contributed by atoms with E-state index >= 15 is 0 Å². The van der Waals surface area contributed by atoms with Crippen LogP contribution < -0.4 is 0 Å². The second-order valence-electron chi connectivity index (χ2n) is 0. The first-order chi connectivity index (χ1) is 0. The Morgan fingerprint density at radius 3 is 1.00 bits per heavy atom. The van der Waals surface area contributed by atoms with Gasteiger partial charge in [0.15, 0.2) is 0 Å². The Morgan fingerprint density at radius 2 is 1.00 bits per heavy atom. The van der Waals surface area contributed by atoms with Crippen molar-refractivity contribution in [2.45, 2.75) is 0 Å². The summed E-state index contributed by atoms with van der Waals surface area (Å²) in [5, 5.41) is 0. The van der Waals surface area contributed by atoms with Crippen molar-refractivity contribution in [2.75, 3.05) is 0 Å². The summed E-state index contributed by atoms with van der Waals surface area (Å²) in [6, 6.07) is 0. The fourth-order valence-electron chi connectivity index (χ4n) is 0. The second kappa shape index (κ2) is 18.3. The van der Waals surface area contributed by atoms with Crippen LogP contribution in [-0.4, -0.2) is 11.0 Å². The first-order valence-corrected chi connectivity index (χ1v) is 0. The predicted molar refractivity (Wildman–Crippen MR) is 5.75 cm³/mol. The van der Waals surface area contributed by atoms with Gasteiger partial charge in [-0.05, 0) is 0 Å². The van der Waals surface area contributed by atoms with Gasteiger partial charge in [0.25, 0.3) is 0 Å². The van der Waals surface area contributed by atoms with Crippen molar-refractivity contribution < 1.29 is 65.2 Å². The van der Waals surface area contributed by atoms with Crippen LogP contribution in [-0.2, 0) is 65.2 Å². The molecule has 0 heterocycles. The van der Waals surface area contributed by atoms with E-state index in [4.69, 9.17) is 0 Å². The molecule has 19 valence electrons. The Labute approximate surface area is 75.2 Å². The van der Waals surface area contributed by atoms with Gasteiger partial charge >= 0.3 is 0 Å². The molecule has 4 heavy (non-hydrogen) atoms. The number of hydrogen-bond donors (Lipinski definition) is 0. The van der Waals surface area contributed by atoms with E-state index in [2.05, 4.69) is 0 Å². The SMILES string of the molecule is [Si].[Ta].[Ti].[W]. The molecule has 0 unspecified atom stereocenters. The normalized spacial score (nSPS) is 0. The summed E-state index contributed by atoms with van der Waals surface area (Å²) in [5.41, 5.74) is 0. The quantitative estimate of drug-likeness (QED) is 0.450. The van der Waals surface area contributed by atoms with Gasteiger partial charge in [-0.25, -0.2) is 0 Å². The molecule has 0 N–H and O–H groups in total. The fraction of sp³-hybridized carbons (Fsp3) is 0. The minimum absolute atomic E-state index is 0. The molecule has 0 amide bonds. The molecule has 4 heteroatoms. The maximum Gasteiger partial charge on any atom is 0 e. The van der Waals surface area contributed by atoms with E-state index in [9.17, 15) is 0 Å². The van der Waals surface area contributed by atoms with E-state index in [1.807, 2.05) is 0 Å². The van der Waals surface area contributed by atoms with Gasteiger partial charge in [-0.15, -0.1) is 0 Å². The smallest absolute Gasteiger partial charge is 0 e. The zero-order chi connectivity index (χ0) is 0. The minimum atomic E-state index is 0. The van der Waals surface area contributed by atoms with Crippen LogP contribution in [0.5, 0.6) is 0 Å². The standard InChI is InChI=1S/Si.Ta.Ti.W. The second-order valence-corrected chi connectivity index (χ2v) is 0. The molecule has 0 aliphatic heterocycles. The van der Waals surface area contributed by atoms with E-state index in [1.54, 1.807) is 0 Å². The van der Waals surface area contributed by atoms with Gasteiger partial charge in [-0.3, -0.25) is 0 Å². The summed E-state index contributed by atoms with van der Waals surface area (Å²) in [4.78, 5) is 0. The van der Waals surface area contributed by atoms with Crippen molar-refractivity contribution >= 4 is 11.0 Å². The molecule has 0 aromatic heterocycles. The largest absolute Gasteiger partial charge is 0 e. The summed E-state index contributed by atoms with van der Waals surface area (Å²) in [6.07, 6.45) is 0. The summed E-state index contributed by atoms with van der Waals surface area (Å²) in [5.74, 6) is 0. The maximum atomic E-state index is 0. The van der Waals surface area contributed by atoms with Crippen LogP contribution in [0.1, 0.15) is 0 Å². The third kappa shape index (κ3) is 8.84. The molecule has 0 fully saturated rings. The Hall–Kier alpha value is 2.36. The van der Waals surface area contributed by atoms with Crippen molar-refractivity contribution in [1.82, 2.24) is 0 Å². The third-order valence-electron chi connectivity index (χ3n) is 0. The van der Waals surface area contributed by atoms with E-state index in [-0.39, 0.29) is 76.1 Å². The third-order valence-corrected chi connectivity index (χ3v) is 0. The van der Waals surface area contributed by atoms with Gasteiger partial charge in [-0.2, -0.15) is 0 Å². The fourth-order valence-corrected chi connectivity index (χ4v) is 0. The van der Waals surface area contributed by atoms with Crippen LogP contribution in [0.4, 0.5) is 0 Å². The average molecular weight is 441 g/mol. The van der Waals surface area contributed by atoms with E-state index in [0.29, 0.717) is 0 Å². The Balaban J connectivity index is 0. The van der Waals surface area contributed by atoms with Crippen molar-refractivity contribution in [1.29, 1.82) is 0 Å². The average Bonchev–Trinajstić information content (AvgIpc) is 0. The van der Waals surface area contributed by atoms with Crippen molar-refractivity contribution in [3.63, 3.8) is 0 Å². The number of hydrogen-bond acceptors (Lipinski definition) is 0. The molecule has 0 nitrogen and oxygen atoms in total. The van der Waals surface area contributed by atoms with Gasteiger partial charge in [-0.1, -0.05) is 0 Å². The van der Waals surface area contributed by atoms with Crippen LogP contribution in [0.25, 0.3) is 0 Å². The molecule has 0 bridgehead atoms. The van der Waals surface area contributed by atoms with Crippen LogP contribution in [0.2, 0.25) is 0 Å². The molecule has 0 saturated carbocycles. The molecule has 0 aliphatic rings. The Bertz CT molecular complexity index is 8.00. The Morgan fingerprint density at radius 1 is 1.00 bits per heavy atom. The van der Waals surface area contributed by atoms with Crippen molar-refractivity contribution in [3.05, 3.63) is 0 Å². The molecule has 5 radical (unpaired) electrons. The molecule has 0 atom stereocenters. The van der Waals surface area contributed by atoms with Crippen LogP contribution in [0.15, 0.2) is 0 Å². The number of rotatable bonds is 0. The van der Waals surface area contributed by atoms with E-state index < -0.39 is 0 Å². The molecule has 0 aliphatic carbocycles. The first-order valence-electron chi connectivity index (χ1n) is 0. The van der Waals surface area contributed by atoms with Crippen LogP contribution >= 0.6 is 0 Å². The summed E-state index contributed by atoms with van der Waals surface area (Å²) in [6.45, 7) is 0. The monoisotopic (exact) mass is 441 g/mol. The minimum Gasteiger partial charge on any atom is 0 e. The molecular weight excluding hydrogens is 441 g/mol. The molecule has 0 spiro atoms. The van der Waals surface area contributed by atoms with Crippen LogP contribution in [0.3, 0.4) is 0 Å². The van der Waals surface area contributed by atoms with Gasteiger partial charge < -0.3 is 0 Å². The van der Waals surface area contributed by atoms with Crippen molar-refractivity contribution in [3.8, 4) is 0 Å². The zero-order valence-electron chi connectivity index (χ0n) is 1.86. The van der Waals surface area contributed by atoms with E-state index in [0.717, 1.165) is 0 Å². The van der Waals surface area contributed by atoms with Gasteiger partial charge in [0.05, 0.1) is 0 Å². The zero-order valence-corrected chi connectivity index (χ0v) is 10.6. The maximum absolute atomic E-state index is 0. The topological polar surface area (TPSA) is 0 Å². The molecule has 0 aromatic carbocycles. The molecule has 0 saturated heterocycles. The summed E-state index contributed by atoms with van der Waals surface area (Å²) >= 11 is 0. The van der Waals surface area contributed by atoms with E-state index in [1.165, 1.54) is 0 Å². The molecule has 0 aromatic rings. The first kappa shape index (κ1) is 32.8. The van der Waals surface area contributed by atoms with Crippen molar-refractivity contribution in [2.24, 2.45) is 0 Å². The molecular formula is SiTaTiW. The predicted octanol–water partition coefficient (Wildman–Crippen LogP) is -0.388. The summed E-state index contributed by atoms with van der Waals surface area (Å²) in [7, 11) is 0. The van der Waals surface area contributed by atoms with Gasteiger partial charge in [0.1, 0.15) is 0 Å². The van der Waals surface area contributed by atoms with Gasteiger partial charge in [0.2, 0.25) is 0 Å².